The Bertz CT molecular complexity index is 472. The van der Waals surface area contributed by atoms with Crippen LogP contribution in [0.3, 0.4) is 0 Å². The molecule has 0 atom stereocenters. The minimum absolute atomic E-state index is 0. The van der Waals surface area contributed by atoms with Gasteiger partial charge >= 0.3 is 263 Å². The van der Waals surface area contributed by atoms with Crippen molar-refractivity contribution in [1.29, 1.82) is 0 Å². The number of rotatable bonds is 28. The summed E-state index contributed by atoms with van der Waals surface area (Å²) in [6.07, 6.45) is 28.1. The molecule has 0 amide bonds. The van der Waals surface area contributed by atoms with Crippen molar-refractivity contribution in [2.45, 2.75) is 203 Å². The molecule has 0 fully saturated rings. The predicted octanol–water partition coefficient (Wildman–Crippen LogP) is 9.88. The van der Waals surface area contributed by atoms with Crippen molar-refractivity contribution < 1.29 is 32.7 Å². The molecule has 0 aliphatic carbocycles. The molecule has 0 rings (SSSR count). The van der Waals surface area contributed by atoms with E-state index >= 15 is 0 Å². The molecule has 0 saturated carbocycles. The Balaban J connectivity index is -0.000000648. The van der Waals surface area contributed by atoms with Crippen molar-refractivity contribution in [2.75, 3.05) is 0 Å². The van der Waals surface area contributed by atoms with E-state index in [0.717, 1.165) is 51.4 Å². The molecule has 7 heteroatoms. The van der Waals surface area contributed by atoms with Gasteiger partial charge < -0.3 is 0 Å². The Morgan fingerprint density at radius 1 is 0.333 bits per heavy atom. The van der Waals surface area contributed by atoms with Crippen LogP contribution >= 0.6 is 0 Å². The molecule has 0 aliphatic heterocycles. The summed E-state index contributed by atoms with van der Waals surface area (Å²) in [5.41, 5.74) is 0. The maximum Gasteiger partial charge on any atom is 2.00 e. The summed E-state index contributed by atoms with van der Waals surface area (Å²) in [6.45, 7) is 8.81. The van der Waals surface area contributed by atoms with Gasteiger partial charge in [-0.05, 0) is 0 Å². The van der Waals surface area contributed by atoms with Gasteiger partial charge in [0.1, 0.15) is 0 Å². The molecule has 0 aromatic heterocycles. The van der Waals surface area contributed by atoms with Crippen molar-refractivity contribution in [1.82, 2.24) is 0 Å². The quantitative estimate of drug-likeness (QED) is 0.0593. The van der Waals surface area contributed by atoms with Crippen LogP contribution in [0.25, 0.3) is 0 Å². The van der Waals surface area contributed by atoms with Crippen LogP contribution in [0, 0.1) is 0 Å². The zero-order valence-electron chi connectivity index (χ0n) is 26.6. The fourth-order valence-electron chi connectivity index (χ4n) is 4.76. The maximum atomic E-state index is 11.9. The van der Waals surface area contributed by atoms with E-state index in [2.05, 4.69) is 27.7 Å². The molecular weight excluding hydrogens is 662 g/mol. The number of hydrogen-bond donors (Lipinski definition) is 0. The van der Waals surface area contributed by atoms with E-state index in [0.29, 0.717) is 20.8 Å². The average molecular weight is 730 g/mol. The third-order valence-corrected chi connectivity index (χ3v) is 15.8. The fraction of sp³-hybridized carbons (Fsp3) is 1.00. The molecule has 39 heavy (non-hydrogen) atoms. The van der Waals surface area contributed by atoms with Crippen molar-refractivity contribution >= 4 is 27.7 Å². The monoisotopic (exact) mass is 729 g/mol. The Hall–Kier alpha value is 1.16. The van der Waals surface area contributed by atoms with Crippen LogP contribution in [-0.4, -0.2) is 27.7 Å². The molecule has 0 aromatic carbocycles. The largest absolute Gasteiger partial charge is 2.00 e. The van der Waals surface area contributed by atoms with Crippen LogP contribution in [0.15, 0.2) is 0 Å². The van der Waals surface area contributed by atoms with Gasteiger partial charge in [-0.1, -0.05) is 0 Å². The third-order valence-electron chi connectivity index (χ3n) is 7.41. The first-order valence-electron chi connectivity index (χ1n) is 16.8. The van der Waals surface area contributed by atoms with Crippen molar-refractivity contribution in [3.8, 4) is 0 Å². The molecule has 1 radical (unpaired) electrons. The van der Waals surface area contributed by atoms with Gasteiger partial charge in [0.15, 0.2) is 0 Å². The maximum absolute atomic E-state index is 11.9. The van der Waals surface area contributed by atoms with Gasteiger partial charge in [-0.25, -0.2) is 0 Å². The first-order chi connectivity index (χ1) is 18.2. The molecule has 241 valence electrons. The minimum Gasteiger partial charge on any atom is 2.00 e. The molecular formula is C32H68As2CuO4. The summed E-state index contributed by atoms with van der Waals surface area (Å²) < 4.78 is 47.6. The summed E-state index contributed by atoms with van der Waals surface area (Å²) >= 11 is -7.36. The smallest absolute Gasteiger partial charge is 2.00 e. The molecule has 0 spiro atoms. The molecule has 0 aromatic rings. The van der Waals surface area contributed by atoms with Crippen LogP contribution in [0.4, 0.5) is 0 Å². The summed E-state index contributed by atoms with van der Waals surface area (Å²) in [6, 6.07) is 0. The third kappa shape index (κ3) is 39.2. The van der Waals surface area contributed by atoms with Gasteiger partial charge in [0.25, 0.3) is 0 Å². The molecule has 0 unspecified atom stereocenters. The second-order valence-electron chi connectivity index (χ2n) is 11.6. The summed E-state index contributed by atoms with van der Waals surface area (Å²) in [4.78, 5) is 0. The Kier molecular flexibility index (Phi) is 38.5. The van der Waals surface area contributed by atoms with Crippen LogP contribution in [0.1, 0.15) is 182 Å². The second kappa shape index (κ2) is 33.7. The van der Waals surface area contributed by atoms with Crippen LogP contribution in [0.5, 0.6) is 0 Å². The summed E-state index contributed by atoms with van der Waals surface area (Å²) in [7, 11) is 0. The van der Waals surface area contributed by atoms with E-state index < -0.39 is 27.7 Å². The van der Waals surface area contributed by atoms with Gasteiger partial charge in [-0.15, -0.1) is 0 Å². The Labute approximate surface area is 261 Å². The summed E-state index contributed by atoms with van der Waals surface area (Å²) in [5.74, 6) is 0. The van der Waals surface area contributed by atoms with Crippen molar-refractivity contribution in [2.24, 2.45) is 0 Å². The van der Waals surface area contributed by atoms with E-state index in [4.69, 9.17) is 0 Å². The first kappa shape index (κ1) is 44.6. The van der Waals surface area contributed by atoms with Crippen LogP contribution in [0.2, 0.25) is 20.8 Å². The molecule has 0 bridgehead atoms. The molecule has 4 nitrogen and oxygen atoms in total. The van der Waals surface area contributed by atoms with E-state index in [-0.39, 0.29) is 17.1 Å². The molecule has 0 N–H and O–H groups in total. The van der Waals surface area contributed by atoms with E-state index in [1.165, 1.54) is 103 Å². The van der Waals surface area contributed by atoms with E-state index in [9.17, 15) is 15.7 Å². The molecule has 0 aliphatic rings. The van der Waals surface area contributed by atoms with Crippen molar-refractivity contribution in [3.63, 3.8) is 0 Å². The Morgan fingerprint density at radius 3 is 0.667 bits per heavy atom. The van der Waals surface area contributed by atoms with Gasteiger partial charge in [0, 0.05) is 0 Å². The normalized spacial score (nSPS) is 11.6. The van der Waals surface area contributed by atoms with Crippen LogP contribution in [-0.2, 0) is 24.5 Å². The fourth-order valence-corrected chi connectivity index (χ4v) is 11.6. The van der Waals surface area contributed by atoms with Gasteiger partial charge in [0.2, 0.25) is 0 Å². The minimum atomic E-state index is -3.68. The topological polar surface area (TPSA) is 80.3 Å². The van der Waals surface area contributed by atoms with E-state index in [1.807, 2.05) is 0 Å². The predicted molar refractivity (Wildman–Crippen MR) is 166 cm³/mol. The van der Waals surface area contributed by atoms with Gasteiger partial charge in [0.05, 0.1) is 0 Å². The van der Waals surface area contributed by atoms with Crippen LogP contribution < -0.4 is 8.19 Å². The molecule has 0 saturated heterocycles. The van der Waals surface area contributed by atoms with Crippen molar-refractivity contribution in [3.05, 3.63) is 0 Å². The zero-order chi connectivity index (χ0) is 28.8. The van der Waals surface area contributed by atoms with Gasteiger partial charge in [-0.3, -0.25) is 0 Å². The summed E-state index contributed by atoms with van der Waals surface area (Å²) in [5, 5.41) is 2.00. The first-order valence-corrected chi connectivity index (χ1v) is 25.2. The zero-order valence-corrected chi connectivity index (χ0v) is 31.3. The van der Waals surface area contributed by atoms with E-state index in [1.54, 1.807) is 0 Å². The Morgan fingerprint density at radius 2 is 0.487 bits per heavy atom. The average Bonchev–Trinajstić information content (AvgIpc) is 2.88. The second-order valence-corrected chi connectivity index (χ2v) is 22.2. The van der Waals surface area contributed by atoms with Gasteiger partial charge in [-0.2, -0.15) is 0 Å². The number of unbranched alkanes of at least 4 members (excludes halogenated alkanes) is 20. The number of hydrogen-bond acceptors (Lipinski definition) is 4. The molecule has 0 heterocycles. The SMILES string of the molecule is CCCCCCCC[As](=O)([O-])CCCCCCCC.CCCCCCCC[As](=O)([O-])CCCCCCCC.[Cu+2]. The standard InChI is InChI=1S/2C16H35AsO2.Cu/c2*1-3-5-7-9-11-13-15-17(18,19)16-14-12-10-8-6-4-2;/h2*3-16H2,1-2H3,(H,18,19);/q;;+2/p-2.